The minimum atomic E-state index is -1.06. The van der Waals surface area contributed by atoms with Crippen LogP contribution in [0.25, 0.3) is 0 Å². The molecular formula is C27H41O9-. The maximum atomic E-state index is 12.5. The van der Waals surface area contributed by atoms with E-state index >= 15 is 0 Å². The van der Waals surface area contributed by atoms with Gasteiger partial charge in [-0.05, 0) is 80.1 Å². The Morgan fingerprint density at radius 3 is 2.67 bits per heavy atom. The second-order valence-corrected chi connectivity index (χ2v) is 12.5. The molecule has 1 aliphatic heterocycles. The number of aliphatic hydroxyl groups is 2. The highest BCUT2D eigenvalue weighted by Gasteiger charge is 2.66. The van der Waals surface area contributed by atoms with Crippen molar-refractivity contribution in [3.63, 3.8) is 0 Å². The monoisotopic (exact) mass is 509 g/mol. The molecule has 9 nitrogen and oxygen atoms in total. The van der Waals surface area contributed by atoms with E-state index in [2.05, 4.69) is 18.5 Å². The van der Waals surface area contributed by atoms with Gasteiger partial charge in [0.2, 0.25) is 0 Å². The maximum Gasteiger partial charge on any atom is 0.306 e. The van der Waals surface area contributed by atoms with Crippen molar-refractivity contribution in [2.45, 2.75) is 109 Å². The van der Waals surface area contributed by atoms with Gasteiger partial charge in [0, 0.05) is 11.3 Å². The van der Waals surface area contributed by atoms with Crippen molar-refractivity contribution in [1.82, 2.24) is 0 Å². The molecule has 2 bridgehead atoms. The lowest BCUT2D eigenvalue weighted by Crippen LogP contribution is -2.61. The van der Waals surface area contributed by atoms with Gasteiger partial charge in [-0.1, -0.05) is 27.4 Å². The van der Waals surface area contributed by atoms with Crippen LogP contribution in [0, 0.1) is 40.4 Å². The molecule has 1 heterocycles. The molecule has 3 N–H and O–H groups in total. The number of rotatable bonds is 6. The molecule has 9 heteroatoms. The summed E-state index contributed by atoms with van der Waals surface area (Å²) in [5.74, 6) is -1.29. The van der Waals surface area contributed by atoms with E-state index < -0.39 is 54.6 Å². The fraction of sp³-hybridized carbons (Fsp3) is 0.889. The Balaban J connectivity index is 1.40. The fourth-order valence-electron chi connectivity index (χ4n) is 9.27. The number of carbonyl (C=O) groups is 1. The third-order valence-corrected chi connectivity index (χ3v) is 11.0. The molecule has 13 atom stereocenters. The fourth-order valence-corrected chi connectivity index (χ4v) is 9.27. The first-order valence-electron chi connectivity index (χ1n) is 13.6. The first-order chi connectivity index (χ1) is 17.1. The molecule has 0 aromatic heterocycles. The van der Waals surface area contributed by atoms with Crippen LogP contribution >= 0.6 is 0 Å². The number of fused-ring (bicyclic) bond motifs is 3. The summed E-state index contributed by atoms with van der Waals surface area (Å²) in [4.78, 5) is 17.3. The van der Waals surface area contributed by atoms with Crippen LogP contribution in [-0.2, 0) is 24.2 Å². The Labute approximate surface area is 212 Å². The minimum Gasteiger partial charge on any atom is -0.692 e. The van der Waals surface area contributed by atoms with Gasteiger partial charge >= 0.3 is 5.97 Å². The van der Waals surface area contributed by atoms with Crippen molar-refractivity contribution in [2.75, 3.05) is 0 Å². The molecule has 1 saturated heterocycles. The molecule has 1 spiro atoms. The zero-order valence-corrected chi connectivity index (χ0v) is 21.5. The zero-order chi connectivity index (χ0) is 26.0. The maximum absolute atomic E-state index is 12.5. The third-order valence-electron chi connectivity index (χ3n) is 11.0. The summed E-state index contributed by atoms with van der Waals surface area (Å²) < 4.78 is 12.4. The van der Waals surface area contributed by atoms with Crippen LogP contribution in [0.5, 0.6) is 0 Å². The number of aliphatic hydroxyl groups excluding tert-OH is 2. The van der Waals surface area contributed by atoms with E-state index in [1.165, 1.54) is 0 Å². The van der Waals surface area contributed by atoms with Crippen LogP contribution in [-0.4, -0.2) is 58.1 Å². The van der Waals surface area contributed by atoms with Crippen LogP contribution in [0.2, 0.25) is 0 Å². The summed E-state index contributed by atoms with van der Waals surface area (Å²) in [5, 5.41) is 46.8. The molecule has 0 radical (unpaired) electrons. The average molecular weight is 510 g/mol. The number of carboxylic acid groups (broad SMARTS) is 1. The Kier molecular flexibility index (Phi) is 7.07. The first kappa shape index (κ1) is 26.5. The number of hydrogen-bond acceptors (Lipinski definition) is 8. The molecule has 12 unspecified atom stereocenters. The van der Waals surface area contributed by atoms with E-state index in [1.54, 1.807) is 6.92 Å². The molecule has 5 aliphatic rings. The third kappa shape index (κ3) is 3.89. The largest absolute Gasteiger partial charge is 0.692 e. The van der Waals surface area contributed by atoms with E-state index in [1.807, 2.05) is 6.92 Å². The molecule has 5 fully saturated rings. The smallest absolute Gasteiger partial charge is 0.306 e. The summed E-state index contributed by atoms with van der Waals surface area (Å²) in [6.45, 7) is 10.1. The van der Waals surface area contributed by atoms with Crippen LogP contribution in [0.1, 0.15) is 72.1 Å². The van der Waals surface area contributed by atoms with E-state index in [-0.39, 0.29) is 22.7 Å². The Morgan fingerprint density at radius 1 is 1.25 bits per heavy atom. The lowest BCUT2D eigenvalue weighted by molar-refractivity contribution is -0.807. The van der Waals surface area contributed by atoms with Gasteiger partial charge in [-0.2, -0.15) is 0 Å². The summed E-state index contributed by atoms with van der Waals surface area (Å²) in [6, 6.07) is 0. The molecule has 4 saturated carbocycles. The Morgan fingerprint density at radius 2 is 2.00 bits per heavy atom. The van der Waals surface area contributed by atoms with Crippen molar-refractivity contribution in [2.24, 2.45) is 40.4 Å². The van der Waals surface area contributed by atoms with E-state index in [0.29, 0.717) is 25.2 Å². The molecule has 0 aromatic carbocycles. The van der Waals surface area contributed by atoms with Crippen LogP contribution in [0.15, 0.2) is 12.2 Å². The van der Waals surface area contributed by atoms with Gasteiger partial charge in [-0.15, -0.1) is 0 Å². The number of aliphatic carboxylic acids is 1. The van der Waals surface area contributed by atoms with Gasteiger partial charge < -0.3 is 30.1 Å². The summed E-state index contributed by atoms with van der Waals surface area (Å²) in [7, 11) is 0. The predicted octanol–water partition coefficient (Wildman–Crippen LogP) is 2.34. The topological polar surface area (TPSA) is 138 Å². The van der Waals surface area contributed by atoms with Crippen LogP contribution in [0.3, 0.4) is 0 Å². The number of carboxylic acids is 1. The summed E-state index contributed by atoms with van der Waals surface area (Å²) in [5.41, 5.74) is 0.398. The van der Waals surface area contributed by atoms with Crippen molar-refractivity contribution in [3.8, 4) is 0 Å². The van der Waals surface area contributed by atoms with Gasteiger partial charge in [-0.3, -0.25) is 9.83 Å². The predicted molar refractivity (Wildman–Crippen MR) is 125 cm³/mol. The minimum absolute atomic E-state index is 0.00888. The van der Waals surface area contributed by atoms with Gasteiger partial charge in [0.25, 0.3) is 0 Å². The second-order valence-electron chi connectivity index (χ2n) is 12.5. The van der Waals surface area contributed by atoms with E-state index in [4.69, 9.17) is 14.4 Å². The van der Waals surface area contributed by atoms with Crippen LogP contribution in [0.4, 0.5) is 0 Å². The summed E-state index contributed by atoms with van der Waals surface area (Å²) >= 11 is 0. The van der Waals surface area contributed by atoms with Crippen molar-refractivity contribution in [3.05, 3.63) is 12.2 Å². The van der Waals surface area contributed by atoms with Crippen molar-refractivity contribution >= 4 is 5.97 Å². The van der Waals surface area contributed by atoms with Gasteiger partial charge in [0.05, 0.1) is 24.2 Å². The molecule has 5 rings (SSSR count). The molecule has 4 aliphatic carbocycles. The van der Waals surface area contributed by atoms with Crippen molar-refractivity contribution < 1.29 is 44.8 Å². The highest BCUT2D eigenvalue weighted by atomic mass is 17.5. The Hall–Kier alpha value is -1.07. The van der Waals surface area contributed by atoms with Gasteiger partial charge in [-0.25, -0.2) is 4.89 Å². The standard InChI is InChI=1S/C27H42O9/c1-5-19-22(35-36-32)14(3)21(28)25(34-19)33-16-10-17(24(30)31)18-8-9-27-11-15(13(2)23(27)29)6-7-20(27)26(18,4)12-16/h14-23,25,28-29,32H,2,5-12H2,1,3-4H3,(H,30,31)/p-1/t14-,15?,16?,17?,18?,19?,20?,21?,22?,23?,25?,26?,27?/m0/s1. The second kappa shape index (κ2) is 9.59. The Bertz CT molecular complexity index is 862. The lowest BCUT2D eigenvalue weighted by Gasteiger charge is -2.62. The molecule has 0 aromatic rings. The molecular weight excluding hydrogens is 468 g/mol. The first-order valence-corrected chi connectivity index (χ1v) is 13.6. The zero-order valence-electron chi connectivity index (χ0n) is 21.5. The average Bonchev–Trinajstić information content (AvgIpc) is 3.02. The number of ether oxygens (including phenoxy) is 2. The summed E-state index contributed by atoms with van der Waals surface area (Å²) in [6.07, 6.45) is 1.83. The van der Waals surface area contributed by atoms with Gasteiger partial charge in [0.15, 0.2) is 6.29 Å². The molecule has 36 heavy (non-hydrogen) atoms. The molecule has 0 amide bonds. The van der Waals surface area contributed by atoms with E-state index in [0.717, 1.165) is 37.7 Å². The highest BCUT2D eigenvalue weighted by molar-refractivity contribution is 5.71. The number of hydrogen-bond donors (Lipinski definition) is 3. The van der Waals surface area contributed by atoms with Gasteiger partial charge in [0.1, 0.15) is 12.2 Å². The van der Waals surface area contributed by atoms with Crippen molar-refractivity contribution in [1.29, 1.82) is 0 Å². The van der Waals surface area contributed by atoms with E-state index in [9.17, 15) is 25.4 Å². The highest BCUT2D eigenvalue weighted by Crippen LogP contribution is 2.70. The molecule has 204 valence electrons. The SMILES string of the molecule is C=C1C2CCC3C4(C)CC(OC5OC(CC)C(OO[O-])[C@@H](C)C5O)CC(C(=O)O)C4CCC3(C2)C1O. The van der Waals surface area contributed by atoms with Crippen LogP contribution < -0.4 is 5.26 Å². The normalized spacial score (nSPS) is 52.5. The lowest BCUT2D eigenvalue weighted by atomic mass is 9.43. The quantitative estimate of drug-likeness (QED) is 0.213.